The molecule has 6 nitrogen and oxygen atoms in total. The van der Waals surface area contributed by atoms with Gasteiger partial charge < -0.3 is 0 Å². The number of nitrogens with one attached hydrogen (secondary N) is 1. The van der Waals surface area contributed by atoms with E-state index >= 15 is 0 Å². The molecule has 24 heavy (non-hydrogen) atoms. The second-order valence-electron chi connectivity index (χ2n) is 4.55. The van der Waals surface area contributed by atoms with Gasteiger partial charge in [-0.25, -0.2) is 8.42 Å². The Labute approximate surface area is 139 Å². The van der Waals surface area contributed by atoms with Gasteiger partial charge in [-0.1, -0.05) is 17.7 Å². The van der Waals surface area contributed by atoms with Crippen molar-refractivity contribution in [2.75, 3.05) is 4.72 Å². The highest BCUT2D eigenvalue weighted by Gasteiger charge is 2.31. The van der Waals surface area contributed by atoms with Gasteiger partial charge in [-0.3, -0.25) is 14.8 Å². The largest absolute Gasteiger partial charge is 0.416 e. The van der Waals surface area contributed by atoms with Crippen LogP contribution in [0.5, 0.6) is 0 Å². The average Bonchev–Trinajstić information content (AvgIpc) is 2.46. The van der Waals surface area contributed by atoms with E-state index in [1.165, 1.54) is 0 Å². The van der Waals surface area contributed by atoms with Crippen molar-refractivity contribution in [3.8, 4) is 0 Å². The molecule has 0 saturated carbocycles. The first-order chi connectivity index (χ1) is 11.0. The molecule has 0 aromatic heterocycles. The number of anilines is 1. The highest BCUT2D eigenvalue weighted by molar-refractivity contribution is 7.92. The van der Waals surface area contributed by atoms with E-state index in [1.54, 1.807) is 0 Å². The first-order valence-electron chi connectivity index (χ1n) is 6.15. The summed E-state index contributed by atoms with van der Waals surface area (Å²) in [4.78, 5) is 9.42. The molecule has 128 valence electrons. The Kier molecular flexibility index (Phi) is 4.72. The van der Waals surface area contributed by atoms with E-state index in [4.69, 9.17) is 11.6 Å². The SMILES string of the molecule is O=[N+]([O-])c1cc(S(=O)(=O)Nc2cccc(C(F)(F)F)c2)ccc1Cl. The molecule has 2 aromatic carbocycles. The van der Waals surface area contributed by atoms with Gasteiger partial charge in [0.2, 0.25) is 0 Å². The van der Waals surface area contributed by atoms with E-state index in [0.717, 1.165) is 36.4 Å². The molecule has 0 bridgehead atoms. The van der Waals surface area contributed by atoms with E-state index in [9.17, 15) is 31.7 Å². The number of alkyl halides is 3. The third kappa shape index (κ3) is 3.95. The Hall–Kier alpha value is -2.33. The van der Waals surface area contributed by atoms with Crippen LogP contribution in [0.25, 0.3) is 0 Å². The number of nitrogens with zero attached hydrogens (tertiary/aromatic N) is 1. The van der Waals surface area contributed by atoms with Crippen LogP contribution in [0.4, 0.5) is 24.5 Å². The van der Waals surface area contributed by atoms with Crippen LogP contribution in [0.15, 0.2) is 47.4 Å². The lowest BCUT2D eigenvalue weighted by atomic mass is 10.2. The Bertz CT molecular complexity index is 900. The fraction of sp³-hybridized carbons (Fsp3) is 0.0769. The maximum Gasteiger partial charge on any atom is 0.416 e. The molecule has 0 heterocycles. The Morgan fingerprint density at radius 2 is 1.79 bits per heavy atom. The standard InChI is InChI=1S/C13H8ClF3N2O4S/c14-11-5-4-10(7-12(11)19(20)21)24(22,23)18-9-3-1-2-8(6-9)13(15,16)17/h1-7,18H. The molecule has 0 unspecified atom stereocenters. The van der Waals surface area contributed by atoms with E-state index in [1.807, 2.05) is 4.72 Å². The summed E-state index contributed by atoms with van der Waals surface area (Å²) in [6.45, 7) is 0. The summed E-state index contributed by atoms with van der Waals surface area (Å²) in [6, 6.07) is 6.29. The number of hydrogen-bond acceptors (Lipinski definition) is 4. The van der Waals surface area contributed by atoms with Crippen molar-refractivity contribution in [2.24, 2.45) is 0 Å². The molecular weight excluding hydrogens is 373 g/mol. The third-order valence-electron chi connectivity index (χ3n) is 2.87. The van der Waals surface area contributed by atoms with Crippen LogP contribution in [0.3, 0.4) is 0 Å². The monoisotopic (exact) mass is 380 g/mol. The molecule has 0 aliphatic rings. The predicted molar refractivity (Wildman–Crippen MR) is 80.4 cm³/mol. The summed E-state index contributed by atoms with van der Waals surface area (Å²) in [7, 11) is -4.33. The highest BCUT2D eigenvalue weighted by Crippen LogP contribution is 2.32. The summed E-state index contributed by atoms with van der Waals surface area (Å²) >= 11 is 5.59. The molecule has 0 aliphatic heterocycles. The van der Waals surface area contributed by atoms with E-state index < -0.39 is 37.3 Å². The topological polar surface area (TPSA) is 89.3 Å². The van der Waals surface area contributed by atoms with Gasteiger partial charge in [0.05, 0.1) is 15.4 Å². The number of halogens is 4. The van der Waals surface area contributed by atoms with Crippen molar-refractivity contribution < 1.29 is 26.5 Å². The first-order valence-corrected chi connectivity index (χ1v) is 8.01. The zero-order valence-corrected chi connectivity index (χ0v) is 13.1. The number of benzene rings is 2. The Balaban J connectivity index is 2.39. The molecule has 2 rings (SSSR count). The molecule has 0 atom stereocenters. The molecule has 1 N–H and O–H groups in total. The molecule has 11 heteroatoms. The van der Waals surface area contributed by atoms with Crippen molar-refractivity contribution >= 4 is 33.0 Å². The van der Waals surface area contributed by atoms with Crippen molar-refractivity contribution in [3.63, 3.8) is 0 Å². The van der Waals surface area contributed by atoms with Crippen LogP contribution in [-0.4, -0.2) is 13.3 Å². The molecule has 2 aromatic rings. The highest BCUT2D eigenvalue weighted by atomic mass is 35.5. The Morgan fingerprint density at radius 3 is 2.38 bits per heavy atom. The minimum Gasteiger partial charge on any atom is -0.280 e. The summed E-state index contributed by atoms with van der Waals surface area (Å²) in [5.41, 5.74) is -2.00. The minimum atomic E-state index is -4.64. The van der Waals surface area contributed by atoms with Crippen LogP contribution in [-0.2, 0) is 16.2 Å². The van der Waals surface area contributed by atoms with Gasteiger partial charge in [-0.2, -0.15) is 13.2 Å². The normalized spacial score (nSPS) is 12.0. The zero-order chi connectivity index (χ0) is 18.1. The fourth-order valence-electron chi connectivity index (χ4n) is 1.77. The van der Waals surface area contributed by atoms with Crippen LogP contribution in [0.2, 0.25) is 5.02 Å². The lowest BCUT2D eigenvalue weighted by Gasteiger charge is -2.11. The van der Waals surface area contributed by atoms with Crippen molar-refractivity contribution in [3.05, 3.63) is 63.2 Å². The van der Waals surface area contributed by atoms with Crippen molar-refractivity contribution in [1.29, 1.82) is 0 Å². The molecule has 0 aliphatic carbocycles. The number of rotatable bonds is 4. The summed E-state index contributed by atoms with van der Waals surface area (Å²) in [6.07, 6.45) is -4.64. The molecule has 0 fully saturated rings. The van der Waals surface area contributed by atoms with Crippen molar-refractivity contribution in [2.45, 2.75) is 11.1 Å². The second kappa shape index (κ2) is 6.29. The second-order valence-corrected chi connectivity index (χ2v) is 6.64. The number of hydrogen-bond donors (Lipinski definition) is 1. The third-order valence-corrected chi connectivity index (χ3v) is 4.57. The van der Waals surface area contributed by atoms with Crippen LogP contribution in [0.1, 0.15) is 5.56 Å². The Morgan fingerprint density at radius 1 is 1.12 bits per heavy atom. The van der Waals surface area contributed by atoms with Gasteiger partial charge >= 0.3 is 6.18 Å². The lowest BCUT2D eigenvalue weighted by Crippen LogP contribution is -2.14. The van der Waals surface area contributed by atoms with Gasteiger partial charge in [0.1, 0.15) is 5.02 Å². The maximum absolute atomic E-state index is 12.6. The average molecular weight is 381 g/mol. The molecule has 0 spiro atoms. The van der Waals surface area contributed by atoms with Gasteiger partial charge in [0.15, 0.2) is 0 Å². The van der Waals surface area contributed by atoms with Gasteiger partial charge in [0.25, 0.3) is 15.7 Å². The quantitative estimate of drug-likeness (QED) is 0.639. The zero-order valence-electron chi connectivity index (χ0n) is 11.5. The van der Waals surface area contributed by atoms with Gasteiger partial charge in [-0.05, 0) is 30.3 Å². The maximum atomic E-state index is 12.6. The molecule has 0 saturated heterocycles. The van der Waals surface area contributed by atoms with Gasteiger partial charge in [0, 0.05) is 11.8 Å². The fourth-order valence-corrected chi connectivity index (χ4v) is 3.03. The number of nitro benzene ring substituents is 1. The smallest absolute Gasteiger partial charge is 0.280 e. The lowest BCUT2D eigenvalue weighted by molar-refractivity contribution is -0.384. The molecule has 0 radical (unpaired) electrons. The summed E-state index contributed by atoms with van der Waals surface area (Å²) < 4.78 is 64.2. The predicted octanol–water partition coefficient (Wildman–Crippen LogP) is 4.07. The van der Waals surface area contributed by atoms with Crippen LogP contribution in [0, 0.1) is 10.1 Å². The van der Waals surface area contributed by atoms with E-state index in [2.05, 4.69) is 0 Å². The van der Waals surface area contributed by atoms with Crippen LogP contribution >= 0.6 is 11.6 Å². The summed E-state index contributed by atoms with van der Waals surface area (Å²) in [5.74, 6) is 0. The van der Waals surface area contributed by atoms with Crippen LogP contribution < -0.4 is 4.72 Å². The van der Waals surface area contributed by atoms with Gasteiger partial charge in [-0.15, -0.1) is 0 Å². The van der Waals surface area contributed by atoms with E-state index in [-0.39, 0.29) is 10.7 Å². The summed E-state index contributed by atoms with van der Waals surface area (Å²) in [5, 5.41) is 10.5. The molecule has 0 amide bonds. The van der Waals surface area contributed by atoms with E-state index in [0.29, 0.717) is 6.07 Å². The molecular formula is C13H8ClF3N2O4S. The first kappa shape index (κ1) is 18.0. The van der Waals surface area contributed by atoms with Crippen molar-refractivity contribution in [1.82, 2.24) is 0 Å². The number of sulfonamides is 1. The number of nitro groups is 1. The minimum absolute atomic E-state index is 0.266.